The van der Waals surface area contributed by atoms with E-state index in [0.29, 0.717) is 13.1 Å². The molecule has 1 amide bonds. The number of piperidine rings is 1. The van der Waals surface area contributed by atoms with E-state index in [9.17, 15) is 4.79 Å². The van der Waals surface area contributed by atoms with Crippen molar-refractivity contribution in [2.24, 2.45) is 5.92 Å². The van der Waals surface area contributed by atoms with Crippen molar-refractivity contribution in [1.82, 2.24) is 10.2 Å². The van der Waals surface area contributed by atoms with Crippen LogP contribution in [0.2, 0.25) is 0 Å². The number of ether oxygens (including phenoxy) is 1. The van der Waals surface area contributed by atoms with E-state index in [1.165, 1.54) is 12.8 Å². The lowest BCUT2D eigenvalue weighted by molar-refractivity contribution is -0.123. The number of hydrogen-bond acceptors (Lipinski definition) is 3. The molecule has 4 heteroatoms. The van der Waals surface area contributed by atoms with Crippen molar-refractivity contribution in [3.63, 3.8) is 0 Å². The van der Waals surface area contributed by atoms with Crippen LogP contribution in [0, 0.1) is 5.92 Å². The van der Waals surface area contributed by atoms with Gasteiger partial charge in [-0.2, -0.15) is 0 Å². The molecule has 0 unspecified atom stereocenters. The summed E-state index contributed by atoms with van der Waals surface area (Å²) in [6.07, 6.45) is 4.98. The molecule has 2 saturated heterocycles. The highest BCUT2D eigenvalue weighted by Crippen LogP contribution is 2.15. The van der Waals surface area contributed by atoms with Crippen molar-refractivity contribution in [3.8, 4) is 0 Å². The molecular formula is C13H24N2O2. The van der Waals surface area contributed by atoms with Crippen molar-refractivity contribution >= 4 is 5.91 Å². The van der Waals surface area contributed by atoms with Gasteiger partial charge in [0.05, 0.1) is 12.6 Å². The SMILES string of the molecule is C[C@H]1CCCN(CC(=O)NC[C@@H]2CCCO2)C1. The molecule has 98 valence electrons. The molecule has 0 spiro atoms. The van der Waals surface area contributed by atoms with Crippen LogP contribution < -0.4 is 5.32 Å². The van der Waals surface area contributed by atoms with Crippen molar-refractivity contribution in [1.29, 1.82) is 0 Å². The first-order chi connectivity index (χ1) is 8.24. The fourth-order valence-corrected chi connectivity index (χ4v) is 2.72. The quantitative estimate of drug-likeness (QED) is 0.797. The van der Waals surface area contributed by atoms with E-state index in [1.54, 1.807) is 0 Å². The minimum Gasteiger partial charge on any atom is -0.376 e. The number of carbonyl (C=O) groups excluding carboxylic acids is 1. The molecule has 0 aliphatic carbocycles. The smallest absolute Gasteiger partial charge is 0.234 e. The van der Waals surface area contributed by atoms with Gasteiger partial charge < -0.3 is 10.1 Å². The predicted octanol–water partition coefficient (Wildman–Crippen LogP) is 1.01. The maximum absolute atomic E-state index is 11.8. The Kier molecular flexibility index (Phi) is 4.80. The number of nitrogens with zero attached hydrogens (tertiary/aromatic N) is 1. The van der Waals surface area contributed by atoms with Gasteiger partial charge in [-0.3, -0.25) is 9.69 Å². The number of hydrogen-bond donors (Lipinski definition) is 1. The molecule has 2 aliphatic heterocycles. The van der Waals surface area contributed by atoms with Gasteiger partial charge in [-0.05, 0) is 38.1 Å². The van der Waals surface area contributed by atoms with E-state index >= 15 is 0 Å². The lowest BCUT2D eigenvalue weighted by atomic mass is 10.0. The Hall–Kier alpha value is -0.610. The predicted molar refractivity (Wildman–Crippen MR) is 66.8 cm³/mol. The maximum Gasteiger partial charge on any atom is 0.234 e. The Morgan fingerprint density at radius 3 is 3.00 bits per heavy atom. The third-order valence-electron chi connectivity index (χ3n) is 3.66. The van der Waals surface area contributed by atoms with Crippen LogP contribution in [-0.2, 0) is 9.53 Å². The highest BCUT2D eigenvalue weighted by atomic mass is 16.5. The van der Waals surface area contributed by atoms with Crippen molar-refractivity contribution < 1.29 is 9.53 Å². The lowest BCUT2D eigenvalue weighted by Crippen LogP contribution is -2.43. The molecule has 4 nitrogen and oxygen atoms in total. The zero-order chi connectivity index (χ0) is 12.1. The molecule has 2 fully saturated rings. The van der Waals surface area contributed by atoms with E-state index in [2.05, 4.69) is 17.1 Å². The topological polar surface area (TPSA) is 41.6 Å². The van der Waals surface area contributed by atoms with Crippen LogP contribution in [0.25, 0.3) is 0 Å². The average molecular weight is 240 g/mol. The Bertz CT molecular complexity index is 252. The minimum absolute atomic E-state index is 0.148. The highest BCUT2D eigenvalue weighted by Gasteiger charge is 2.20. The summed E-state index contributed by atoms with van der Waals surface area (Å²) in [6.45, 7) is 6.48. The van der Waals surface area contributed by atoms with Crippen LogP contribution in [0.15, 0.2) is 0 Å². The Balaban J connectivity index is 1.62. The van der Waals surface area contributed by atoms with E-state index in [4.69, 9.17) is 4.74 Å². The second kappa shape index (κ2) is 6.36. The zero-order valence-electron chi connectivity index (χ0n) is 10.8. The summed E-state index contributed by atoms with van der Waals surface area (Å²) in [5.74, 6) is 0.879. The second-order valence-electron chi connectivity index (χ2n) is 5.42. The van der Waals surface area contributed by atoms with Gasteiger partial charge in [0.2, 0.25) is 5.91 Å². The summed E-state index contributed by atoms with van der Waals surface area (Å²) in [5.41, 5.74) is 0. The van der Waals surface area contributed by atoms with E-state index in [-0.39, 0.29) is 12.0 Å². The monoisotopic (exact) mass is 240 g/mol. The van der Waals surface area contributed by atoms with Crippen LogP contribution in [0.3, 0.4) is 0 Å². The maximum atomic E-state index is 11.8. The van der Waals surface area contributed by atoms with E-state index in [0.717, 1.165) is 38.5 Å². The molecule has 2 rings (SSSR count). The van der Waals surface area contributed by atoms with Crippen LogP contribution in [0.1, 0.15) is 32.6 Å². The molecule has 0 radical (unpaired) electrons. The number of likely N-dealkylation sites (tertiary alicyclic amines) is 1. The van der Waals surface area contributed by atoms with Gasteiger partial charge in [0.15, 0.2) is 0 Å². The molecular weight excluding hydrogens is 216 g/mol. The molecule has 2 aliphatic rings. The van der Waals surface area contributed by atoms with Crippen LogP contribution >= 0.6 is 0 Å². The first-order valence-electron chi connectivity index (χ1n) is 6.84. The highest BCUT2D eigenvalue weighted by molar-refractivity contribution is 5.78. The number of carbonyl (C=O) groups is 1. The molecule has 0 aromatic heterocycles. The van der Waals surface area contributed by atoms with Gasteiger partial charge >= 0.3 is 0 Å². The van der Waals surface area contributed by atoms with Gasteiger partial charge in [0.1, 0.15) is 0 Å². The molecule has 1 N–H and O–H groups in total. The van der Waals surface area contributed by atoms with Gasteiger partial charge in [0, 0.05) is 19.7 Å². The number of rotatable bonds is 4. The molecule has 0 saturated carbocycles. The first kappa shape index (κ1) is 12.8. The minimum atomic E-state index is 0.148. The summed E-state index contributed by atoms with van der Waals surface area (Å²) < 4.78 is 5.48. The second-order valence-corrected chi connectivity index (χ2v) is 5.42. The normalized spacial score (nSPS) is 30.4. The summed E-state index contributed by atoms with van der Waals surface area (Å²) >= 11 is 0. The van der Waals surface area contributed by atoms with Crippen LogP contribution in [-0.4, -0.2) is 49.7 Å². The Labute approximate surface area is 104 Å². The van der Waals surface area contributed by atoms with Crippen LogP contribution in [0.5, 0.6) is 0 Å². The zero-order valence-corrected chi connectivity index (χ0v) is 10.8. The molecule has 0 aromatic carbocycles. The van der Waals surface area contributed by atoms with Crippen molar-refractivity contribution in [3.05, 3.63) is 0 Å². The first-order valence-corrected chi connectivity index (χ1v) is 6.84. The summed E-state index contributed by atoms with van der Waals surface area (Å²) in [6, 6.07) is 0. The standard InChI is InChI=1S/C13H24N2O2/c1-11-4-2-6-15(9-11)10-13(16)14-8-12-5-3-7-17-12/h11-12H,2-10H2,1H3,(H,14,16)/t11-,12-/m0/s1. The van der Waals surface area contributed by atoms with Crippen molar-refractivity contribution in [2.75, 3.05) is 32.8 Å². The van der Waals surface area contributed by atoms with Gasteiger partial charge in [-0.25, -0.2) is 0 Å². The Morgan fingerprint density at radius 1 is 1.41 bits per heavy atom. The van der Waals surface area contributed by atoms with E-state index in [1.807, 2.05) is 0 Å². The molecule has 2 heterocycles. The van der Waals surface area contributed by atoms with Gasteiger partial charge in [-0.15, -0.1) is 0 Å². The van der Waals surface area contributed by atoms with Gasteiger partial charge in [0.25, 0.3) is 0 Å². The third-order valence-corrected chi connectivity index (χ3v) is 3.66. The number of amides is 1. The largest absolute Gasteiger partial charge is 0.376 e. The fourth-order valence-electron chi connectivity index (χ4n) is 2.72. The van der Waals surface area contributed by atoms with Crippen molar-refractivity contribution in [2.45, 2.75) is 38.7 Å². The lowest BCUT2D eigenvalue weighted by Gasteiger charge is -2.30. The fraction of sp³-hybridized carbons (Fsp3) is 0.923. The number of nitrogens with one attached hydrogen (secondary N) is 1. The van der Waals surface area contributed by atoms with Gasteiger partial charge in [-0.1, -0.05) is 6.92 Å². The third kappa shape index (κ3) is 4.28. The average Bonchev–Trinajstić information content (AvgIpc) is 2.79. The molecule has 17 heavy (non-hydrogen) atoms. The van der Waals surface area contributed by atoms with E-state index < -0.39 is 0 Å². The molecule has 0 aromatic rings. The Morgan fingerprint density at radius 2 is 2.29 bits per heavy atom. The summed E-state index contributed by atoms with van der Waals surface area (Å²) in [5, 5.41) is 2.98. The molecule has 0 bridgehead atoms. The molecule has 2 atom stereocenters. The summed E-state index contributed by atoms with van der Waals surface area (Å²) in [7, 11) is 0. The van der Waals surface area contributed by atoms with Crippen LogP contribution in [0.4, 0.5) is 0 Å². The summed E-state index contributed by atoms with van der Waals surface area (Å²) in [4.78, 5) is 14.0.